The fourth-order valence-electron chi connectivity index (χ4n) is 2.50. The first kappa shape index (κ1) is 17.9. The molecule has 1 aromatic heterocycles. The van der Waals surface area contributed by atoms with Gasteiger partial charge in [-0.3, -0.25) is 4.79 Å². The topological polar surface area (TPSA) is 66.9 Å². The van der Waals surface area contributed by atoms with E-state index >= 15 is 0 Å². The molecule has 0 saturated carbocycles. The number of nitrogens with one attached hydrogen (secondary N) is 2. The zero-order chi connectivity index (χ0) is 18.5. The monoisotopic (exact) mass is 366 g/mol. The lowest BCUT2D eigenvalue weighted by Gasteiger charge is -2.11. The van der Waals surface area contributed by atoms with Gasteiger partial charge in [-0.05, 0) is 42.7 Å². The summed E-state index contributed by atoms with van der Waals surface area (Å²) in [4.78, 5) is 20.7. The van der Waals surface area contributed by atoms with Gasteiger partial charge >= 0.3 is 0 Å². The Balaban J connectivity index is 1.71. The highest BCUT2D eigenvalue weighted by Crippen LogP contribution is 2.23. The molecule has 0 aliphatic rings. The predicted octanol–water partition coefficient (Wildman–Crippen LogP) is 4.61. The van der Waals surface area contributed by atoms with Crippen LogP contribution in [-0.4, -0.2) is 15.9 Å². The minimum atomic E-state index is -0.309. The number of amides is 1. The number of rotatable bonds is 5. The van der Waals surface area contributed by atoms with E-state index in [1.54, 1.807) is 24.3 Å². The molecule has 5 nitrogen and oxygen atoms in total. The number of anilines is 2. The SMILES string of the molecule is Cc1ccccc1CNc1cc(C(=O)Nc2cccc(Cl)c2C)ncn1. The van der Waals surface area contributed by atoms with Crippen LogP contribution in [0.25, 0.3) is 0 Å². The maximum absolute atomic E-state index is 12.5. The summed E-state index contributed by atoms with van der Waals surface area (Å²) in [6, 6.07) is 15.1. The third-order valence-corrected chi connectivity index (χ3v) is 4.55. The van der Waals surface area contributed by atoms with Crippen molar-refractivity contribution < 1.29 is 4.79 Å². The fraction of sp³-hybridized carbons (Fsp3) is 0.150. The molecule has 132 valence electrons. The molecule has 3 aromatic rings. The zero-order valence-corrected chi connectivity index (χ0v) is 15.3. The Labute approximate surface area is 157 Å². The van der Waals surface area contributed by atoms with Gasteiger partial charge in [-0.25, -0.2) is 9.97 Å². The van der Waals surface area contributed by atoms with E-state index in [0.29, 0.717) is 23.1 Å². The second-order valence-corrected chi connectivity index (χ2v) is 6.34. The molecular formula is C20H19ClN4O. The van der Waals surface area contributed by atoms with Crippen molar-refractivity contribution in [2.45, 2.75) is 20.4 Å². The number of carbonyl (C=O) groups excluding carboxylic acids is 1. The highest BCUT2D eigenvalue weighted by molar-refractivity contribution is 6.31. The molecular weight excluding hydrogens is 348 g/mol. The maximum atomic E-state index is 12.5. The Bertz CT molecular complexity index is 943. The second-order valence-electron chi connectivity index (χ2n) is 5.94. The van der Waals surface area contributed by atoms with Crippen LogP contribution in [0.15, 0.2) is 54.9 Å². The number of hydrogen-bond acceptors (Lipinski definition) is 4. The second kappa shape index (κ2) is 7.97. The van der Waals surface area contributed by atoms with Gasteiger partial charge in [0.05, 0.1) is 0 Å². The van der Waals surface area contributed by atoms with Gasteiger partial charge in [-0.15, -0.1) is 0 Å². The smallest absolute Gasteiger partial charge is 0.274 e. The van der Waals surface area contributed by atoms with Crippen LogP contribution in [0.3, 0.4) is 0 Å². The van der Waals surface area contributed by atoms with Crippen LogP contribution in [0.4, 0.5) is 11.5 Å². The van der Waals surface area contributed by atoms with Gasteiger partial charge in [0.15, 0.2) is 0 Å². The van der Waals surface area contributed by atoms with Crippen LogP contribution in [0.5, 0.6) is 0 Å². The molecule has 0 bridgehead atoms. The number of benzene rings is 2. The van der Waals surface area contributed by atoms with Gasteiger partial charge < -0.3 is 10.6 Å². The average Bonchev–Trinajstić information content (AvgIpc) is 2.65. The fourth-order valence-corrected chi connectivity index (χ4v) is 2.68. The summed E-state index contributed by atoms with van der Waals surface area (Å²) in [5, 5.41) is 6.67. The Kier molecular flexibility index (Phi) is 5.49. The first-order chi connectivity index (χ1) is 12.5. The molecule has 26 heavy (non-hydrogen) atoms. The quantitative estimate of drug-likeness (QED) is 0.691. The van der Waals surface area contributed by atoms with E-state index in [1.807, 2.05) is 19.1 Å². The van der Waals surface area contributed by atoms with E-state index in [1.165, 1.54) is 17.5 Å². The van der Waals surface area contributed by atoms with Crippen molar-refractivity contribution in [3.63, 3.8) is 0 Å². The molecule has 0 aliphatic carbocycles. The Morgan fingerprint density at radius 2 is 1.88 bits per heavy atom. The summed E-state index contributed by atoms with van der Waals surface area (Å²) >= 11 is 6.09. The lowest BCUT2D eigenvalue weighted by Crippen LogP contribution is -2.15. The van der Waals surface area contributed by atoms with Gasteiger partial charge in [-0.2, -0.15) is 0 Å². The van der Waals surface area contributed by atoms with Gasteiger partial charge in [0.2, 0.25) is 0 Å². The van der Waals surface area contributed by atoms with Crippen LogP contribution in [0.1, 0.15) is 27.2 Å². The molecule has 2 aromatic carbocycles. The predicted molar refractivity (Wildman–Crippen MR) is 105 cm³/mol. The van der Waals surface area contributed by atoms with E-state index in [2.05, 4.69) is 39.7 Å². The van der Waals surface area contributed by atoms with Crippen LogP contribution in [0.2, 0.25) is 5.02 Å². The standard InChI is InChI=1S/C20H19ClN4O/c1-13-6-3-4-7-15(13)11-22-19-10-18(23-12-24-19)20(26)25-17-9-5-8-16(21)14(17)2/h3-10,12H,11H2,1-2H3,(H,25,26)(H,22,23,24). The van der Waals surface area contributed by atoms with E-state index < -0.39 is 0 Å². The lowest BCUT2D eigenvalue weighted by molar-refractivity contribution is 0.102. The number of hydrogen-bond donors (Lipinski definition) is 2. The number of carbonyl (C=O) groups is 1. The molecule has 0 spiro atoms. The van der Waals surface area contributed by atoms with Crippen molar-refractivity contribution in [2.24, 2.45) is 0 Å². The Hall–Kier alpha value is -2.92. The van der Waals surface area contributed by atoms with Gasteiger partial charge in [0.1, 0.15) is 17.8 Å². The molecule has 0 radical (unpaired) electrons. The van der Waals surface area contributed by atoms with Crippen LogP contribution in [-0.2, 0) is 6.54 Å². The van der Waals surface area contributed by atoms with Crippen molar-refractivity contribution in [3.05, 3.63) is 82.3 Å². The van der Waals surface area contributed by atoms with Gasteiger partial charge in [0.25, 0.3) is 5.91 Å². The summed E-state index contributed by atoms with van der Waals surface area (Å²) < 4.78 is 0. The normalized spacial score (nSPS) is 10.4. The first-order valence-electron chi connectivity index (χ1n) is 8.21. The lowest BCUT2D eigenvalue weighted by atomic mass is 10.1. The van der Waals surface area contributed by atoms with Crippen LogP contribution in [0, 0.1) is 13.8 Å². The number of aromatic nitrogens is 2. The van der Waals surface area contributed by atoms with Crippen molar-refractivity contribution >= 4 is 29.0 Å². The largest absolute Gasteiger partial charge is 0.366 e. The van der Waals surface area contributed by atoms with Crippen molar-refractivity contribution in [1.29, 1.82) is 0 Å². The molecule has 0 aliphatic heterocycles. The summed E-state index contributed by atoms with van der Waals surface area (Å²) in [5.74, 6) is 0.285. The average molecular weight is 367 g/mol. The van der Waals surface area contributed by atoms with E-state index in [9.17, 15) is 4.79 Å². The minimum absolute atomic E-state index is 0.284. The van der Waals surface area contributed by atoms with Gasteiger partial charge in [0, 0.05) is 23.3 Å². The van der Waals surface area contributed by atoms with E-state index in [-0.39, 0.29) is 11.6 Å². The third-order valence-electron chi connectivity index (χ3n) is 4.14. The summed E-state index contributed by atoms with van der Waals surface area (Å²) in [7, 11) is 0. The highest BCUT2D eigenvalue weighted by atomic mass is 35.5. The van der Waals surface area contributed by atoms with E-state index in [0.717, 1.165) is 5.56 Å². The van der Waals surface area contributed by atoms with Crippen LogP contribution >= 0.6 is 11.6 Å². The summed E-state index contributed by atoms with van der Waals surface area (Å²) in [5.41, 5.74) is 4.13. The molecule has 1 heterocycles. The Morgan fingerprint density at radius 1 is 1.08 bits per heavy atom. The Morgan fingerprint density at radius 3 is 2.69 bits per heavy atom. The number of aryl methyl sites for hydroxylation is 1. The number of nitrogens with zero attached hydrogens (tertiary/aromatic N) is 2. The summed E-state index contributed by atoms with van der Waals surface area (Å²) in [6.07, 6.45) is 1.37. The van der Waals surface area contributed by atoms with E-state index in [4.69, 9.17) is 11.6 Å². The van der Waals surface area contributed by atoms with Crippen molar-refractivity contribution in [1.82, 2.24) is 9.97 Å². The molecule has 1 amide bonds. The zero-order valence-electron chi connectivity index (χ0n) is 14.6. The molecule has 0 saturated heterocycles. The molecule has 0 atom stereocenters. The van der Waals surface area contributed by atoms with Crippen LogP contribution < -0.4 is 10.6 Å². The maximum Gasteiger partial charge on any atom is 0.274 e. The molecule has 2 N–H and O–H groups in total. The third kappa shape index (κ3) is 4.18. The molecule has 0 unspecified atom stereocenters. The highest BCUT2D eigenvalue weighted by Gasteiger charge is 2.11. The summed E-state index contributed by atoms with van der Waals surface area (Å²) in [6.45, 7) is 4.54. The molecule has 0 fully saturated rings. The molecule has 6 heteroatoms. The molecule has 3 rings (SSSR count). The van der Waals surface area contributed by atoms with Gasteiger partial charge in [-0.1, -0.05) is 41.9 Å². The minimum Gasteiger partial charge on any atom is -0.366 e. The first-order valence-corrected chi connectivity index (χ1v) is 8.59. The van der Waals surface area contributed by atoms with Crippen molar-refractivity contribution in [2.75, 3.05) is 10.6 Å². The number of halogens is 1. The van der Waals surface area contributed by atoms with Crippen molar-refractivity contribution in [3.8, 4) is 0 Å².